The molecule has 2 N–H and O–H groups in total. The van der Waals surface area contributed by atoms with E-state index in [-0.39, 0.29) is 42.2 Å². The van der Waals surface area contributed by atoms with E-state index in [0.29, 0.717) is 18.9 Å². The summed E-state index contributed by atoms with van der Waals surface area (Å²) in [7, 11) is 0. The Morgan fingerprint density at radius 1 is 1.12 bits per heavy atom. The number of carbonyl (C=O) groups is 2. The molecule has 1 saturated heterocycles. The minimum atomic E-state index is -0.782. The Morgan fingerprint density at radius 3 is 2.66 bits per heavy atom. The lowest BCUT2D eigenvalue weighted by Crippen LogP contribution is -2.28. The number of benzene rings is 2. The number of aromatic nitrogens is 2. The van der Waals surface area contributed by atoms with Gasteiger partial charge in [0.1, 0.15) is 17.5 Å². The lowest BCUT2D eigenvalue weighted by molar-refractivity contribution is -0.128. The number of nitrogens with one attached hydrogen (secondary N) is 2. The van der Waals surface area contributed by atoms with Crippen LogP contribution >= 0.6 is 0 Å². The van der Waals surface area contributed by atoms with Crippen LogP contribution in [0.3, 0.4) is 0 Å². The number of amides is 3. The van der Waals surface area contributed by atoms with Crippen molar-refractivity contribution in [3.63, 3.8) is 0 Å². The zero-order chi connectivity index (χ0) is 22.7. The Morgan fingerprint density at radius 2 is 1.88 bits per heavy atom. The summed E-state index contributed by atoms with van der Waals surface area (Å²) in [6, 6.07) is 7.83. The highest BCUT2D eigenvalue weighted by molar-refractivity contribution is 5.89. The fraction of sp³-hybridized carbons (Fsp3) is 0.238. The van der Waals surface area contributed by atoms with Crippen molar-refractivity contribution in [2.45, 2.75) is 25.4 Å². The van der Waals surface area contributed by atoms with Crippen LogP contribution in [0.25, 0.3) is 0 Å². The number of rotatable bonds is 6. The predicted molar refractivity (Wildman–Crippen MR) is 106 cm³/mol. The second kappa shape index (κ2) is 9.08. The molecule has 1 aliphatic rings. The van der Waals surface area contributed by atoms with E-state index in [1.54, 1.807) is 17.0 Å². The predicted octanol–water partition coefficient (Wildman–Crippen LogP) is 3.32. The van der Waals surface area contributed by atoms with E-state index in [4.69, 9.17) is 4.52 Å². The maximum atomic E-state index is 13.6. The summed E-state index contributed by atoms with van der Waals surface area (Å²) in [6.45, 7) is 0.580. The van der Waals surface area contributed by atoms with E-state index in [9.17, 15) is 22.8 Å². The van der Waals surface area contributed by atoms with Crippen molar-refractivity contribution < 1.29 is 27.3 Å². The van der Waals surface area contributed by atoms with Crippen molar-refractivity contribution in [3.8, 4) is 0 Å². The molecular formula is C21H18F3N5O3. The number of hydrogen-bond acceptors (Lipinski definition) is 5. The van der Waals surface area contributed by atoms with Crippen LogP contribution in [0.5, 0.6) is 0 Å². The molecule has 1 aromatic heterocycles. The maximum Gasteiger partial charge on any atom is 0.319 e. The Kier molecular flexibility index (Phi) is 6.06. The van der Waals surface area contributed by atoms with E-state index in [2.05, 4.69) is 20.8 Å². The minimum absolute atomic E-state index is 0.0831. The SMILES string of the molecule is O=C(NCc1nc(C2CC(=O)N(Cc3ccc(F)cc3)C2)no1)Nc1cc(F)ccc1F. The van der Waals surface area contributed by atoms with Gasteiger partial charge in [-0.1, -0.05) is 17.3 Å². The van der Waals surface area contributed by atoms with Crippen LogP contribution in [0.15, 0.2) is 47.0 Å². The second-order valence-corrected chi connectivity index (χ2v) is 7.28. The molecule has 32 heavy (non-hydrogen) atoms. The van der Waals surface area contributed by atoms with Gasteiger partial charge in [-0.05, 0) is 29.8 Å². The largest absolute Gasteiger partial charge is 0.338 e. The van der Waals surface area contributed by atoms with Crippen LogP contribution in [-0.2, 0) is 17.9 Å². The molecule has 0 saturated carbocycles. The van der Waals surface area contributed by atoms with Crippen molar-refractivity contribution in [1.29, 1.82) is 0 Å². The number of carbonyl (C=O) groups excluding carboxylic acids is 2. The molecular weight excluding hydrogens is 427 g/mol. The van der Waals surface area contributed by atoms with Gasteiger partial charge in [0.2, 0.25) is 11.8 Å². The monoisotopic (exact) mass is 445 g/mol. The van der Waals surface area contributed by atoms with Crippen molar-refractivity contribution in [2.24, 2.45) is 0 Å². The van der Waals surface area contributed by atoms with Gasteiger partial charge in [0.25, 0.3) is 0 Å². The molecule has 1 unspecified atom stereocenters. The summed E-state index contributed by atoms with van der Waals surface area (Å²) in [5, 5.41) is 8.48. The van der Waals surface area contributed by atoms with Gasteiger partial charge in [-0.3, -0.25) is 4.79 Å². The second-order valence-electron chi connectivity index (χ2n) is 7.28. The highest BCUT2D eigenvalue weighted by atomic mass is 19.1. The van der Waals surface area contributed by atoms with Crippen LogP contribution in [0.4, 0.5) is 23.7 Å². The highest BCUT2D eigenvalue weighted by Crippen LogP contribution is 2.27. The standard InChI is InChI=1S/C21H18F3N5O3/c22-14-3-1-12(2-4-14)10-29-11-13(7-19(29)30)20-27-18(32-28-20)9-25-21(31)26-17-8-15(23)5-6-16(17)24/h1-6,8,13H,7,9-11H2,(H2,25,26,31). The van der Waals surface area contributed by atoms with Gasteiger partial charge in [0.15, 0.2) is 5.82 Å². The van der Waals surface area contributed by atoms with E-state index >= 15 is 0 Å². The molecule has 11 heteroatoms. The zero-order valence-electron chi connectivity index (χ0n) is 16.6. The van der Waals surface area contributed by atoms with Gasteiger partial charge in [-0.15, -0.1) is 0 Å². The Balaban J connectivity index is 1.30. The molecule has 3 aromatic rings. The van der Waals surface area contributed by atoms with Crippen LogP contribution in [0.1, 0.15) is 29.6 Å². The van der Waals surface area contributed by atoms with Crippen molar-refractivity contribution in [3.05, 3.63) is 77.2 Å². The van der Waals surface area contributed by atoms with E-state index in [0.717, 1.165) is 23.8 Å². The summed E-state index contributed by atoms with van der Waals surface area (Å²) in [4.78, 5) is 30.1. The smallest absolute Gasteiger partial charge is 0.319 e. The van der Waals surface area contributed by atoms with Crippen LogP contribution < -0.4 is 10.6 Å². The molecule has 8 nitrogen and oxygen atoms in total. The van der Waals surface area contributed by atoms with Crippen molar-refractivity contribution in [2.75, 3.05) is 11.9 Å². The van der Waals surface area contributed by atoms with Gasteiger partial charge in [-0.2, -0.15) is 4.98 Å². The summed E-state index contributed by atoms with van der Waals surface area (Å²) in [5.74, 6) is -1.76. The molecule has 2 heterocycles. The van der Waals surface area contributed by atoms with Gasteiger partial charge in [-0.25, -0.2) is 18.0 Å². The Hall–Kier alpha value is -3.89. The van der Waals surface area contributed by atoms with Crippen LogP contribution in [-0.4, -0.2) is 33.5 Å². The van der Waals surface area contributed by atoms with Gasteiger partial charge >= 0.3 is 6.03 Å². The van der Waals surface area contributed by atoms with Gasteiger partial charge in [0.05, 0.1) is 12.2 Å². The molecule has 4 rings (SSSR count). The Bertz CT molecular complexity index is 1140. The number of urea groups is 1. The summed E-state index contributed by atoms with van der Waals surface area (Å²) >= 11 is 0. The third-order valence-electron chi connectivity index (χ3n) is 4.93. The summed E-state index contributed by atoms with van der Waals surface area (Å²) in [5.41, 5.74) is 0.499. The zero-order valence-corrected chi connectivity index (χ0v) is 16.6. The highest BCUT2D eigenvalue weighted by Gasteiger charge is 2.33. The van der Waals surface area contributed by atoms with Gasteiger partial charge < -0.3 is 20.1 Å². The number of halogens is 3. The third-order valence-corrected chi connectivity index (χ3v) is 4.93. The molecule has 1 fully saturated rings. The minimum Gasteiger partial charge on any atom is -0.338 e. The first-order chi connectivity index (χ1) is 15.4. The first kappa shape index (κ1) is 21.3. The van der Waals surface area contributed by atoms with E-state index in [1.807, 2.05) is 0 Å². The number of likely N-dealkylation sites (tertiary alicyclic amines) is 1. The molecule has 0 aliphatic carbocycles. The average molecular weight is 445 g/mol. The van der Waals surface area contributed by atoms with E-state index < -0.39 is 17.7 Å². The fourth-order valence-electron chi connectivity index (χ4n) is 3.33. The van der Waals surface area contributed by atoms with E-state index in [1.165, 1.54) is 12.1 Å². The lowest BCUT2D eigenvalue weighted by atomic mass is 10.1. The number of hydrogen-bond donors (Lipinski definition) is 2. The lowest BCUT2D eigenvalue weighted by Gasteiger charge is -2.16. The molecule has 3 amide bonds. The number of nitrogens with zero attached hydrogens (tertiary/aromatic N) is 3. The molecule has 0 radical (unpaired) electrons. The van der Waals surface area contributed by atoms with Crippen molar-refractivity contribution >= 4 is 17.6 Å². The molecule has 0 bridgehead atoms. The first-order valence-electron chi connectivity index (χ1n) is 9.72. The average Bonchev–Trinajstić information content (AvgIpc) is 3.38. The molecule has 1 aliphatic heterocycles. The van der Waals surface area contributed by atoms with Crippen molar-refractivity contribution in [1.82, 2.24) is 20.4 Å². The molecule has 166 valence electrons. The molecule has 2 aromatic carbocycles. The molecule has 0 spiro atoms. The number of anilines is 1. The quantitative estimate of drug-likeness (QED) is 0.606. The fourth-order valence-corrected chi connectivity index (χ4v) is 3.33. The maximum absolute atomic E-state index is 13.6. The van der Waals surface area contributed by atoms with Crippen LogP contribution in [0.2, 0.25) is 0 Å². The first-order valence-corrected chi connectivity index (χ1v) is 9.72. The normalized spacial score (nSPS) is 15.8. The van der Waals surface area contributed by atoms with Crippen LogP contribution in [0, 0.1) is 17.5 Å². The Labute approximate surface area is 180 Å². The van der Waals surface area contributed by atoms with Gasteiger partial charge in [0, 0.05) is 31.5 Å². The molecule has 1 atom stereocenters. The summed E-state index contributed by atoms with van der Waals surface area (Å²) < 4.78 is 44.9. The third kappa shape index (κ3) is 5.05. The summed E-state index contributed by atoms with van der Waals surface area (Å²) in [6.07, 6.45) is 0.201. The topological polar surface area (TPSA) is 100 Å².